The van der Waals surface area contributed by atoms with E-state index in [2.05, 4.69) is 12.2 Å². The number of nitrogens with zero attached hydrogens (tertiary/aromatic N) is 2. The first-order valence-electron chi connectivity index (χ1n) is 12.0. The summed E-state index contributed by atoms with van der Waals surface area (Å²) in [6, 6.07) is 5.50. The standard InChI is InChI=1S/C26H38FN3O4/c1-6-7-8-11-34-24-13-22(9-10-23(24)33-5)30-18-26(15-28-16-26)17-29(25(30)31)14-21(12-19(2)27)20(3)32-4/h9-10,12-13,28H,6-8,11,14-18H2,1-5H3/b19-12+,21-20-. The van der Waals surface area contributed by atoms with Gasteiger partial charge in [0.25, 0.3) is 0 Å². The first kappa shape index (κ1) is 25.9. The largest absolute Gasteiger partial charge is 0.501 e. The van der Waals surface area contributed by atoms with Gasteiger partial charge in [0.2, 0.25) is 0 Å². The van der Waals surface area contributed by atoms with E-state index in [4.69, 9.17) is 14.2 Å². The molecule has 7 nitrogen and oxygen atoms in total. The van der Waals surface area contributed by atoms with Crippen molar-refractivity contribution < 1.29 is 23.4 Å². The number of allylic oxidation sites excluding steroid dienone is 2. The van der Waals surface area contributed by atoms with E-state index in [0.717, 1.165) is 38.0 Å². The molecule has 1 N–H and O–H groups in total. The zero-order valence-electron chi connectivity index (χ0n) is 21.1. The summed E-state index contributed by atoms with van der Waals surface area (Å²) < 4.78 is 30.6. The van der Waals surface area contributed by atoms with Crippen LogP contribution in [0.15, 0.2) is 41.4 Å². The van der Waals surface area contributed by atoms with Gasteiger partial charge in [-0.2, -0.15) is 0 Å². The molecule has 0 aliphatic carbocycles. The van der Waals surface area contributed by atoms with Crippen LogP contribution < -0.4 is 19.7 Å². The van der Waals surface area contributed by atoms with Gasteiger partial charge in [-0.3, -0.25) is 4.90 Å². The Hall–Kier alpha value is -2.74. The Kier molecular flexibility index (Phi) is 8.83. The Morgan fingerprint density at radius 2 is 1.94 bits per heavy atom. The van der Waals surface area contributed by atoms with Crippen LogP contribution in [0.1, 0.15) is 40.0 Å². The van der Waals surface area contributed by atoms with Crippen molar-refractivity contribution in [2.24, 2.45) is 5.41 Å². The number of ether oxygens (including phenoxy) is 3. The maximum atomic E-state index is 13.8. The fourth-order valence-electron chi connectivity index (χ4n) is 4.44. The third-order valence-corrected chi connectivity index (χ3v) is 6.48. The summed E-state index contributed by atoms with van der Waals surface area (Å²) in [5, 5.41) is 3.35. The van der Waals surface area contributed by atoms with Crippen molar-refractivity contribution in [3.63, 3.8) is 0 Å². The van der Waals surface area contributed by atoms with Crippen LogP contribution in [0.3, 0.4) is 0 Å². The summed E-state index contributed by atoms with van der Waals surface area (Å²) >= 11 is 0. The number of nitrogens with one attached hydrogen (secondary N) is 1. The highest BCUT2D eigenvalue weighted by Crippen LogP contribution is 2.37. The lowest BCUT2D eigenvalue weighted by atomic mass is 9.79. The maximum absolute atomic E-state index is 13.8. The fraction of sp³-hybridized carbons (Fsp3) is 0.577. The SMILES string of the molecule is CCCCCOc1cc(N2CC3(CNC3)CN(CC(/C=C(\C)F)=C(/C)OC)C2=O)ccc1OC. The van der Waals surface area contributed by atoms with Crippen molar-refractivity contribution in [2.75, 3.05) is 58.5 Å². The van der Waals surface area contributed by atoms with Crippen LogP contribution in [-0.2, 0) is 4.74 Å². The number of methoxy groups -OCH3 is 2. The molecule has 1 spiro atoms. The molecule has 2 fully saturated rings. The minimum absolute atomic E-state index is 0.0590. The molecule has 2 heterocycles. The number of carbonyl (C=O) groups is 1. The van der Waals surface area contributed by atoms with Crippen LogP contribution in [0.4, 0.5) is 14.9 Å². The Balaban J connectivity index is 1.89. The highest BCUT2D eigenvalue weighted by atomic mass is 19.1. The molecule has 8 heteroatoms. The second-order valence-corrected chi connectivity index (χ2v) is 9.24. The lowest BCUT2D eigenvalue weighted by molar-refractivity contribution is 0.0912. The van der Waals surface area contributed by atoms with Crippen LogP contribution in [0.25, 0.3) is 0 Å². The summed E-state index contributed by atoms with van der Waals surface area (Å²) in [4.78, 5) is 17.2. The van der Waals surface area contributed by atoms with E-state index >= 15 is 0 Å². The lowest BCUT2D eigenvalue weighted by Gasteiger charge is -2.52. The lowest BCUT2D eigenvalue weighted by Crippen LogP contribution is -2.69. The zero-order chi connectivity index (χ0) is 24.7. The van der Waals surface area contributed by atoms with E-state index in [1.165, 1.54) is 13.0 Å². The van der Waals surface area contributed by atoms with Gasteiger partial charge in [-0.25, -0.2) is 9.18 Å². The number of urea groups is 1. The second-order valence-electron chi connectivity index (χ2n) is 9.24. The van der Waals surface area contributed by atoms with Gasteiger partial charge in [-0.15, -0.1) is 0 Å². The molecule has 1 aromatic carbocycles. The average molecular weight is 476 g/mol. The summed E-state index contributed by atoms with van der Waals surface area (Å²) in [7, 11) is 3.17. The smallest absolute Gasteiger partial charge is 0.324 e. The number of halogens is 1. The van der Waals surface area contributed by atoms with E-state index in [1.807, 2.05) is 18.2 Å². The number of hydrogen-bond donors (Lipinski definition) is 1. The molecular formula is C26H38FN3O4. The number of hydrogen-bond acceptors (Lipinski definition) is 5. The van der Waals surface area contributed by atoms with Gasteiger partial charge in [0, 0.05) is 48.9 Å². The molecular weight excluding hydrogens is 437 g/mol. The Morgan fingerprint density at radius 1 is 1.18 bits per heavy atom. The normalized spacial score (nSPS) is 18.5. The predicted octanol–water partition coefficient (Wildman–Crippen LogP) is 4.89. The molecule has 2 aliphatic heterocycles. The number of benzene rings is 1. The van der Waals surface area contributed by atoms with Crippen LogP contribution in [0, 0.1) is 5.41 Å². The highest BCUT2D eigenvalue weighted by Gasteiger charge is 2.47. The van der Waals surface area contributed by atoms with E-state index in [0.29, 0.717) is 42.5 Å². The predicted molar refractivity (Wildman–Crippen MR) is 132 cm³/mol. The molecule has 34 heavy (non-hydrogen) atoms. The van der Waals surface area contributed by atoms with E-state index in [9.17, 15) is 9.18 Å². The van der Waals surface area contributed by atoms with Crippen LogP contribution in [-0.4, -0.2) is 64.5 Å². The summed E-state index contributed by atoms with van der Waals surface area (Å²) in [6.07, 6.45) is 4.61. The van der Waals surface area contributed by atoms with Crippen molar-refractivity contribution in [3.05, 3.63) is 41.4 Å². The third-order valence-electron chi connectivity index (χ3n) is 6.48. The van der Waals surface area contributed by atoms with Gasteiger partial charge in [-0.05, 0) is 38.5 Å². The number of amides is 2. The molecule has 0 aromatic heterocycles. The third kappa shape index (κ3) is 6.03. The number of rotatable bonds is 11. The minimum Gasteiger partial charge on any atom is -0.501 e. The zero-order valence-corrected chi connectivity index (χ0v) is 21.1. The Labute approximate surface area is 202 Å². The summed E-state index contributed by atoms with van der Waals surface area (Å²) in [5.41, 5.74) is 1.35. The number of anilines is 1. The monoisotopic (exact) mass is 475 g/mol. The molecule has 0 radical (unpaired) electrons. The van der Waals surface area contributed by atoms with Gasteiger partial charge in [0.15, 0.2) is 11.5 Å². The van der Waals surface area contributed by atoms with Crippen molar-refractivity contribution in [1.29, 1.82) is 0 Å². The van der Waals surface area contributed by atoms with Gasteiger partial charge in [0.1, 0.15) is 0 Å². The van der Waals surface area contributed by atoms with Crippen molar-refractivity contribution >= 4 is 11.7 Å². The number of unbranched alkanes of at least 4 members (excludes halogenated alkanes) is 2. The van der Waals surface area contributed by atoms with E-state index < -0.39 is 0 Å². The maximum Gasteiger partial charge on any atom is 0.324 e. The second kappa shape index (κ2) is 11.6. The van der Waals surface area contributed by atoms with E-state index in [-0.39, 0.29) is 23.8 Å². The Morgan fingerprint density at radius 3 is 2.53 bits per heavy atom. The number of carbonyl (C=O) groups excluding carboxylic acids is 1. The average Bonchev–Trinajstić information content (AvgIpc) is 2.80. The topological polar surface area (TPSA) is 63.3 Å². The van der Waals surface area contributed by atoms with Gasteiger partial charge >= 0.3 is 6.03 Å². The first-order valence-corrected chi connectivity index (χ1v) is 12.0. The molecule has 0 atom stereocenters. The van der Waals surface area contributed by atoms with Crippen LogP contribution >= 0.6 is 0 Å². The van der Waals surface area contributed by atoms with Gasteiger partial charge in [0.05, 0.1) is 39.0 Å². The van der Waals surface area contributed by atoms with Gasteiger partial charge < -0.3 is 24.4 Å². The summed E-state index contributed by atoms with van der Waals surface area (Å²) in [6.45, 7) is 9.06. The van der Waals surface area contributed by atoms with Crippen LogP contribution in [0.5, 0.6) is 11.5 Å². The molecule has 0 unspecified atom stereocenters. The Bertz CT molecular complexity index is 923. The van der Waals surface area contributed by atoms with Gasteiger partial charge in [-0.1, -0.05) is 19.8 Å². The minimum atomic E-state index is -0.326. The van der Waals surface area contributed by atoms with Crippen molar-refractivity contribution in [1.82, 2.24) is 10.2 Å². The van der Waals surface area contributed by atoms with Crippen molar-refractivity contribution in [2.45, 2.75) is 40.0 Å². The summed E-state index contributed by atoms with van der Waals surface area (Å²) in [5.74, 6) is 1.54. The molecule has 2 amide bonds. The molecule has 0 bridgehead atoms. The first-order chi connectivity index (χ1) is 16.3. The fourth-order valence-corrected chi connectivity index (χ4v) is 4.44. The molecule has 3 rings (SSSR count). The molecule has 0 saturated carbocycles. The highest BCUT2D eigenvalue weighted by molar-refractivity contribution is 5.93. The molecule has 188 valence electrons. The quantitative estimate of drug-likeness (QED) is 0.281. The van der Waals surface area contributed by atoms with Crippen LogP contribution in [0.2, 0.25) is 0 Å². The van der Waals surface area contributed by atoms with Crippen molar-refractivity contribution in [3.8, 4) is 11.5 Å². The molecule has 2 aliphatic rings. The molecule has 1 aromatic rings. The van der Waals surface area contributed by atoms with E-state index in [1.54, 1.807) is 30.9 Å². The molecule has 2 saturated heterocycles.